The zero-order valence-corrected chi connectivity index (χ0v) is 19.3. The van der Waals surface area contributed by atoms with Crippen LogP contribution in [0.4, 0.5) is 0 Å². The van der Waals surface area contributed by atoms with Crippen LogP contribution in [0.25, 0.3) is 0 Å². The third-order valence-corrected chi connectivity index (χ3v) is 7.16. The maximum absolute atomic E-state index is 12.2. The van der Waals surface area contributed by atoms with E-state index in [1.165, 1.54) is 0 Å². The fraction of sp³-hybridized carbons (Fsp3) is 0.333. The van der Waals surface area contributed by atoms with Crippen molar-refractivity contribution in [3.63, 3.8) is 0 Å². The van der Waals surface area contributed by atoms with Crippen LogP contribution in [0.3, 0.4) is 0 Å². The lowest BCUT2D eigenvalue weighted by atomic mass is 9.71. The van der Waals surface area contributed by atoms with E-state index >= 15 is 0 Å². The minimum atomic E-state index is -1.63. The second-order valence-corrected chi connectivity index (χ2v) is 9.12. The molecule has 0 bridgehead atoms. The van der Waals surface area contributed by atoms with Crippen LogP contribution < -0.4 is 14.8 Å². The smallest absolute Gasteiger partial charge is 0.176 e. The monoisotopic (exact) mass is 465 g/mol. The van der Waals surface area contributed by atoms with Crippen molar-refractivity contribution in [3.05, 3.63) is 94.5 Å². The molecule has 6 heteroatoms. The molecule has 1 aliphatic carbocycles. The molecule has 3 N–H and O–H groups in total. The molecule has 5 rings (SSSR count). The van der Waals surface area contributed by atoms with Crippen molar-refractivity contribution in [2.75, 3.05) is 19.7 Å². The van der Waals surface area contributed by atoms with Gasteiger partial charge in [0, 0.05) is 29.1 Å². The first-order valence-electron chi connectivity index (χ1n) is 11.4. The highest BCUT2D eigenvalue weighted by atomic mass is 35.5. The van der Waals surface area contributed by atoms with Crippen molar-refractivity contribution in [1.82, 2.24) is 5.32 Å². The Kier molecular flexibility index (Phi) is 5.83. The van der Waals surface area contributed by atoms with E-state index in [9.17, 15) is 10.2 Å². The normalized spacial score (nSPS) is 27.6. The van der Waals surface area contributed by atoms with Gasteiger partial charge in [-0.2, -0.15) is 0 Å². The van der Waals surface area contributed by atoms with Crippen molar-refractivity contribution in [2.45, 2.75) is 36.6 Å². The Morgan fingerprint density at radius 2 is 1.85 bits per heavy atom. The average Bonchev–Trinajstić information content (AvgIpc) is 3.23. The van der Waals surface area contributed by atoms with Crippen molar-refractivity contribution < 1.29 is 19.7 Å². The van der Waals surface area contributed by atoms with E-state index in [1.807, 2.05) is 67.6 Å². The minimum Gasteiger partial charge on any atom is -0.492 e. The molecule has 5 nitrogen and oxygen atoms in total. The number of hydrogen-bond acceptors (Lipinski definition) is 5. The van der Waals surface area contributed by atoms with E-state index in [4.69, 9.17) is 21.1 Å². The highest BCUT2D eigenvalue weighted by Crippen LogP contribution is 2.66. The topological polar surface area (TPSA) is 71.0 Å². The Morgan fingerprint density at radius 1 is 1.09 bits per heavy atom. The van der Waals surface area contributed by atoms with E-state index in [0.717, 1.165) is 24.2 Å². The molecule has 1 fully saturated rings. The van der Waals surface area contributed by atoms with Crippen LogP contribution in [0.5, 0.6) is 11.5 Å². The number of likely N-dealkylation sites (N-methyl/N-ethyl adjacent to an activating group) is 1. The first-order chi connectivity index (χ1) is 16.0. The summed E-state index contributed by atoms with van der Waals surface area (Å²) in [7, 11) is 0. The van der Waals surface area contributed by atoms with Crippen LogP contribution in [-0.2, 0) is 11.2 Å². The van der Waals surface area contributed by atoms with Crippen molar-refractivity contribution in [2.24, 2.45) is 0 Å². The summed E-state index contributed by atoms with van der Waals surface area (Å²) in [4.78, 5) is 0. The van der Waals surface area contributed by atoms with Crippen molar-refractivity contribution >= 4 is 11.6 Å². The van der Waals surface area contributed by atoms with Gasteiger partial charge in [-0.25, -0.2) is 0 Å². The van der Waals surface area contributed by atoms with Gasteiger partial charge in [0.1, 0.15) is 18.1 Å². The molecule has 172 valence electrons. The number of fused-ring (bicyclic) bond motifs is 3. The SMILES string of the molecule is CCNCCOc1ccc2c(c1)O[C@@]1(c3ccc(Cl)cc3)[C@H](c3ccccc3)C[C@H](O)[C@@]21O. The number of aliphatic hydroxyl groups excluding tert-OH is 1. The highest BCUT2D eigenvalue weighted by Gasteiger charge is 2.72. The lowest BCUT2D eigenvalue weighted by Gasteiger charge is -2.40. The summed E-state index contributed by atoms with van der Waals surface area (Å²) < 4.78 is 12.6. The molecule has 0 radical (unpaired) electrons. The number of ether oxygens (including phenoxy) is 2. The number of benzene rings is 3. The fourth-order valence-corrected chi connectivity index (χ4v) is 5.54. The number of hydrogen-bond donors (Lipinski definition) is 3. The third-order valence-electron chi connectivity index (χ3n) is 6.91. The molecular weight excluding hydrogens is 438 g/mol. The second-order valence-electron chi connectivity index (χ2n) is 8.69. The Bertz CT molecular complexity index is 1120. The van der Waals surface area contributed by atoms with Crippen LogP contribution in [0.2, 0.25) is 5.02 Å². The zero-order chi connectivity index (χ0) is 23.1. The van der Waals surface area contributed by atoms with Crippen molar-refractivity contribution in [3.8, 4) is 11.5 Å². The Hall–Kier alpha value is -2.57. The van der Waals surface area contributed by atoms with Gasteiger partial charge in [0.2, 0.25) is 0 Å². The molecule has 0 unspecified atom stereocenters. The maximum Gasteiger partial charge on any atom is 0.176 e. The maximum atomic E-state index is 12.2. The summed E-state index contributed by atoms with van der Waals surface area (Å²) in [5, 5.41) is 27.4. The molecule has 0 amide bonds. The van der Waals surface area contributed by atoms with Gasteiger partial charge in [0.15, 0.2) is 11.2 Å². The quantitative estimate of drug-likeness (QED) is 0.452. The van der Waals surface area contributed by atoms with E-state index in [0.29, 0.717) is 35.1 Å². The lowest BCUT2D eigenvalue weighted by molar-refractivity contribution is -0.149. The molecule has 2 aliphatic rings. The van der Waals surface area contributed by atoms with Gasteiger partial charge in [-0.1, -0.05) is 61.0 Å². The molecule has 4 atom stereocenters. The average molecular weight is 466 g/mol. The van der Waals surface area contributed by atoms with Crippen molar-refractivity contribution in [1.29, 1.82) is 0 Å². The van der Waals surface area contributed by atoms with E-state index in [-0.39, 0.29) is 5.92 Å². The fourth-order valence-electron chi connectivity index (χ4n) is 5.42. The van der Waals surface area contributed by atoms with E-state index < -0.39 is 17.3 Å². The van der Waals surface area contributed by atoms with Gasteiger partial charge in [-0.15, -0.1) is 0 Å². The molecular formula is C27H28ClNO4. The van der Waals surface area contributed by atoms with Crippen LogP contribution in [0, 0.1) is 0 Å². The minimum absolute atomic E-state index is 0.273. The highest BCUT2D eigenvalue weighted by molar-refractivity contribution is 6.30. The number of aliphatic hydroxyl groups is 2. The lowest BCUT2D eigenvalue weighted by Crippen LogP contribution is -2.51. The summed E-state index contributed by atoms with van der Waals surface area (Å²) in [5.41, 5.74) is -0.493. The Morgan fingerprint density at radius 3 is 2.58 bits per heavy atom. The van der Waals surface area contributed by atoms with E-state index in [1.54, 1.807) is 12.1 Å². The summed E-state index contributed by atoms with van der Waals surface area (Å²) in [6.07, 6.45) is -0.649. The first-order valence-corrected chi connectivity index (χ1v) is 11.8. The third kappa shape index (κ3) is 3.42. The Labute approximate surface area is 198 Å². The molecule has 1 aliphatic heterocycles. The van der Waals surface area contributed by atoms with E-state index in [2.05, 4.69) is 5.32 Å². The number of rotatable bonds is 7. The molecule has 3 aromatic carbocycles. The van der Waals surface area contributed by atoms with Crippen LogP contribution in [0.1, 0.15) is 36.0 Å². The second kappa shape index (κ2) is 8.65. The molecule has 1 saturated carbocycles. The zero-order valence-electron chi connectivity index (χ0n) is 18.5. The van der Waals surface area contributed by atoms with Gasteiger partial charge < -0.3 is 25.0 Å². The van der Waals surface area contributed by atoms with Gasteiger partial charge in [-0.3, -0.25) is 0 Å². The largest absolute Gasteiger partial charge is 0.492 e. The number of nitrogens with one attached hydrogen (secondary N) is 1. The van der Waals surface area contributed by atoms with Gasteiger partial charge in [0.05, 0.1) is 6.10 Å². The predicted octanol–water partition coefficient (Wildman–Crippen LogP) is 4.35. The predicted molar refractivity (Wildman–Crippen MR) is 128 cm³/mol. The molecule has 33 heavy (non-hydrogen) atoms. The first kappa shape index (κ1) is 22.2. The molecule has 0 aromatic heterocycles. The van der Waals surface area contributed by atoms with Gasteiger partial charge >= 0.3 is 0 Å². The van der Waals surface area contributed by atoms with Crippen LogP contribution >= 0.6 is 11.6 Å². The summed E-state index contributed by atoms with van der Waals surface area (Å²) in [5.74, 6) is 0.908. The standard InChI is InChI=1S/C27H28ClNO4/c1-2-29-14-15-32-21-12-13-22-24(16-21)33-27(19-8-10-20(28)11-9-19)23(17-25(30)26(22,27)31)18-6-4-3-5-7-18/h3-13,16,23,25,29-31H,2,14-15,17H2,1H3/t23-,25-,26-,27-/m0/s1. The molecule has 1 heterocycles. The summed E-state index contributed by atoms with van der Waals surface area (Å²) in [6.45, 7) is 4.19. The molecule has 0 spiro atoms. The number of halogens is 1. The Balaban J connectivity index is 1.62. The summed E-state index contributed by atoms with van der Waals surface area (Å²) >= 11 is 6.18. The summed E-state index contributed by atoms with van der Waals surface area (Å²) in [6, 6.07) is 22.7. The molecule has 3 aromatic rings. The van der Waals surface area contributed by atoms with Crippen LogP contribution in [0.15, 0.2) is 72.8 Å². The van der Waals surface area contributed by atoms with Gasteiger partial charge in [-0.05, 0) is 48.4 Å². The van der Waals surface area contributed by atoms with Gasteiger partial charge in [0.25, 0.3) is 0 Å². The van der Waals surface area contributed by atoms with Crippen LogP contribution in [-0.4, -0.2) is 36.0 Å². The molecule has 0 saturated heterocycles.